The molecule has 1 heterocycles. The summed E-state index contributed by atoms with van der Waals surface area (Å²) in [6, 6.07) is 13.4. The lowest BCUT2D eigenvalue weighted by Gasteiger charge is -2.13. The van der Waals surface area contributed by atoms with Crippen LogP contribution in [0.1, 0.15) is 29.6 Å². The summed E-state index contributed by atoms with van der Waals surface area (Å²) in [5, 5.41) is 5.47. The highest BCUT2D eigenvalue weighted by molar-refractivity contribution is 6.05. The molecule has 0 unspecified atom stereocenters. The monoisotopic (exact) mass is 395 g/mol. The molecule has 1 saturated heterocycles. The number of benzene rings is 2. The molecule has 8 heteroatoms. The second-order valence-corrected chi connectivity index (χ2v) is 6.50. The molecule has 0 aliphatic carbocycles. The first-order valence-corrected chi connectivity index (χ1v) is 9.15. The summed E-state index contributed by atoms with van der Waals surface area (Å²) >= 11 is 0. The minimum Gasteiger partial charge on any atom is -0.497 e. The van der Waals surface area contributed by atoms with Crippen LogP contribution in [0.3, 0.4) is 0 Å². The molecule has 150 valence electrons. The van der Waals surface area contributed by atoms with Crippen molar-refractivity contribution in [3.8, 4) is 5.75 Å². The molecule has 2 aromatic carbocycles. The maximum Gasteiger partial charge on any atom is 0.255 e. The Labute approximate surface area is 167 Å². The van der Waals surface area contributed by atoms with Crippen molar-refractivity contribution in [3.63, 3.8) is 0 Å². The molecule has 0 radical (unpaired) electrons. The first kappa shape index (κ1) is 20.1. The van der Waals surface area contributed by atoms with Crippen LogP contribution in [0.4, 0.5) is 11.4 Å². The van der Waals surface area contributed by atoms with E-state index in [4.69, 9.17) is 4.74 Å². The summed E-state index contributed by atoms with van der Waals surface area (Å²) in [4.78, 5) is 48.6. The Bertz CT molecular complexity index is 906. The van der Waals surface area contributed by atoms with E-state index in [1.165, 1.54) is 0 Å². The molecule has 0 spiro atoms. The number of nitrogens with one attached hydrogen (secondary N) is 2. The quantitative estimate of drug-likeness (QED) is 0.701. The predicted octanol–water partition coefficient (Wildman–Crippen LogP) is 2.43. The van der Waals surface area contributed by atoms with Crippen molar-refractivity contribution >= 4 is 35.0 Å². The second kappa shape index (κ2) is 9.01. The summed E-state index contributed by atoms with van der Waals surface area (Å²) in [6.45, 7) is 0.0752. The number of carbonyl (C=O) groups excluding carboxylic acids is 4. The van der Waals surface area contributed by atoms with E-state index in [-0.39, 0.29) is 49.4 Å². The van der Waals surface area contributed by atoms with Crippen LogP contribution in [-0.4, -0.2) is 42.2 Å². The van der Waals surface area contributed by atoms with Gasteiger partial charge in [-0.3, -0.25) is 24.1 Å². The van der Waals surface area contributed by atoms with Gasteiger partial charge in [0.25, 0.3) is 5.91 Å². The molecule has 8 nitrogen and oxygen atoms in total. The van der Waals surface area contributed by atoms with Crippen molar-refractivity contribution < 1.29 is 23.9 Å². The van der Waals surface area contributed by atoms with Gasteiger partial charge in [-0.05, 0) is 48.5 Å². The lowest BCUT2D eigenvalue weighted by Crippen LogP contribution is -2.32. The zero-order chi connectivity index (χ0) is 20.8. The van der Waals surface area contributed by atoms with Crippen molar-refractivity contribution in [1.29, 1.82) is 0 Å². The van der Waals surface area contributed by atoms with E-state index < -0.39 is 0 Å². The van der Waals surface area contributed by atoms with Crippen molar-refractivity contribution in [2.75, 3.05) is 24.3 Å². The predicted molar refractivity (Wildman–Crippen MR) is 107 cm³/mol. The van der Waals surface area contributed by atoms with Crippen LogP contribution < -0.4 is 15.4 Å². The Morgan fingerprint density at radius 1 is 0.897 bits per heavy atom. The summed E-state index contributed by atoms with van der Waals surface area (Å²) < 4.78 is 5.08. The molecule has 0 atom stereocenters. The number of carbonyl (C=O) groups is 4. The van der Waals surface area contributed by atoms with Gasteiger partial charge in [-0.15, -0.1) is 0 Å². The summed E-state index contributed by atoms with van der Waals surface area (Å²) in [5.74, 6) is -0.376. The van der Waals surface area contributed by atoms with Gasteiger partial charge < -0.3 is 15.4 Å². The lowest BCUT2D eigenvalue weighted by atomic mass is 10.2. The van der Waals surface area contributed by atoms with E-state index >= 15 is 0 Å². The van der Waals surface area contributed by atoms with Gasteiger partial charge >= 0.3 is 0 Å². The number of amides is 4. The highest BCUT2D eigenvalue weighted by atomic mass is 16.5. The molecule has 3 rings (SSSR count). The average molecular weight is 395 g/mol. The number of likely N-dealkylation sites (tertiary alicyclic amines) is 1. The minimum atomic E-state index is -0.312. The van der Waals surface area contributed by atoms with E-state index in [1.54, 1.807) is 55.6 Å². The Kier molecular flexibility index (Phi) is 6.23. The second-order valence-electron chi connectivity index (χ2n) is 6.50. The highest BCUT2D eigenvalue weighted by Gasteiger charge is 2.28. The zero-order valence-corrected chi connectivity index (χ0v) is 15.9. The van der Waals surface area contributed by atoms with Gasteiger partial charge in [0.1, 0.15) is 5.75 Å². The van der Waals surface area contributed by atoms with Gasteiger partial charge in [-0.2, -0.15) is 0 Å². The smallest absolute Gasteiger partial charge is 0.255 e. The summed E-state index contributed by atoms with van der Waals surface area (Å²) in [5.41, 5.74) is 1.60. The highest BCUT2D eigenvalue weighted by Crippen LogP contribution is 2.17. The fourth-order valence-electron chi connectivity index (χ4n) is 2.89. The maximum absolute atomic E-state index is 12.3. The SMILES string of the molecule is COc1ccc(NC(=O)c2ccc(NC(=O)CCN3C(=O)CCC3=O)cc2)cc1. The van der Waals surface area contributed by atoms with Crippen molar-refractivity contribution in [2.45, 2.75) is 19.3 Å². The third-order valence-electron chi connectivity index (χ3n) is 4.50. The molecule has 1 aliphatic heterocycles. The molecule has 2 aromatic rings. The molecule has 0 aromatic heterocycles. The van der Waals surface area contributed by atoms with E-state index in [0.29, 0.717) is 22.7 Å². The Hall–Kier alpha value is -3.68. The largest absolute Gasteiger partial charge is 0.497 e. The molecule has 2 N–H and O–H groups in total. The number of methoxy groups -OCH3 is 1. The van der Waals surface area contributed by atoms with Crippen LogP contribution in [0.2, 0.25) is 0 Å². The van der Waals surface area contributed by atoms with Crippen molar-refractivity contribution in [2.24, 2.45) is 0 Å². The Balaban J connectivity index is 1.51. The number of nitrogens with zero attached hydrogens (tertiary/aromatic N) is 1. The normalized spacial score (nSPS) is 13.3. The molecular weight excluding hydrogens is 374 g/mol. The fourth-order valence-corrected chi connectivity index (χ4v) is 2.89. The van der Waals surface area contributed by atoms with E-state index in [2.05, 4.69) is 10.6 Å². The minimum absolute atomic E-state index is 0.0250. The van der Waals surface area contributed by atoms with Crippen LogP contribution in [0.5, 0.6) is 5.75 Å². The average Bonchev–Trinajstić information content (AvgIpc) is 3.05. The Morgan fingerprint density at radius 3 is 2.03 bits per heavy atom. The molecule has 29 heavy (non-hydrogen) atoms. The first-order chi connectivity index (χ1) is 14.0. The van der Waals surface area contributed by atoms with Gasteiger partial charge in [0.2, 0.25) is 17.7 Å². The molecule has 0 saturated carbocycles. The summed E-state index contributed by atoms with van der Waals surface area (Å²) in [6.07, 6.45) is 0.443. The van der Waals surface area contributed by atoms with Gasteiger partial charge in [0.15, 0.2) is 0 Å². The maximum atomic E-state index is 12.3. The van der Waals surface area contributed by atoms with Gasteiger partial charge in [-0.1, -0.05) is 0 Å². The molecule has 1 aliphatic rings. The van der Waals surface area contributed by atoms with Crippen molar-refractivity contribution in [3.05, 3.63) is 54.1 Å². The number of rotatable bonds is 7. The number of imide groups is 1. The van der Waals surface area contributed by atoms with Crippen LogP contribution in [0.15, 0.2) is 48.5 Å². The van der Waals surface area contributed by atoms with E-state index in [9.17, 15) is 19.2 Å². The van der Waals surface area contributed by atoms with Crippen LogP contribution in [0.25, 0.3) is 0 Å². The summed E-state index contributed by atoms with van der Waals surface area (Å²) in [7, 11) is 1.57. The number of ether oxygens (including phenoxy) is 1. The fraction of sp³-hybridized carbons (Fsp3) is 0.238. The number of hydrogen-bond donors (Lipinski definition) is 2. The molecule has 4 amide bonds. The topological polar surface area (TPSA) is 105 Å². The van der Waals surface area contributed by atoms with Crippen LogP contribution in [0, 0.1) is 0 Å². The van der Waals surface area contributed by atoms with Gasteiger partial charge in [0, 0.05) is 42.7 Å². The van der Waals surface area contributed by atoms with E-state index in [1.807, 2.05) is 0 Å². The van der Waals surface area contributed by atoms with E-state index in [0.717, 1.165) is 4.90 Å². The standard InChI is InChI=1S/C21H21N3O5/c1-29-17-8-6-16(7-9-17)23-21(28)14-2-4-15(5-3-14)22-18(25)12-13-24-19(26)10-11-20(24)27/h2-9H,10-13H2,1H3,(H,22,25)(H,23,28). The number of hydrogen-bond acceptors (Lipinski definition) is 5. The molecule has 0 bridgehead atoms. The first-order valence-electron chi connectivity index (χ1n) is 9.15. The van der Waals surface area contributed by atoms with Crippen LogP contribution in [-0.2, 0) is 14.4 Å². The molecular formula is C21H21N3O5. The van der Waals surface area contributed by atoms with Gasteiger partial charge in [-0.25, -0.2) is 0 Å². The number of anilines is 2. The van der Waals surface area contributed by atoms with Crippen LogP contribution >= 0.6 is 0 Å². The third kappa shape index (κ3) is 5.19. The lowest BCUT2D eigenvalue weighted by molar-refractivity contribution is -0.138. The van der Waals surface area contributed by atoms with Gasteiger partial charge in [0.05, 0.1) is 7.11 Å². The molecule has 1 fully saturated rings. The van der Waals surface area contributed by atoms with Crippen molar-refractivity contribution in [1.82, 2.24) is 4.90 Å². The zero-order valence-electron chi connectivity index (χ0n) is 15.9. The Morgan fingerprint density at radius 2 is 1.45 bits per heavy atom. The third-order valence-corrected chi connectivity index (χ3v) is 4.50.